The molecule has 0 bridgehead atoms. The van der Waals surface area contributed by atoms with E-state index in [4.69, 9.17) is 5.73 Å². The second kappa shape index (κ2) is 12.8. The van der Waals surface area contributed by atoms with E-state index < -0.39 is 17.6 Å². The number of rotatable bonds is 14. The summed E-state index contributed by atoms with van der Waals surface area (Å²) in [5, 5.41) is 17.1. The summed E-state index contributed by atoms with van der Waals surface area (Å²) in [4.78, 5) is 14.2. The van der Waals surface area contributed by atoms with E-state index in [0.717, 1.165) is 64.0 Å². The van der Waals surface area contributed by atoms with E-state index in [0.29, 0.717) is 30.6 Å². The maximum absolute atomic E-state index is 12.8. The van der Waals surface area contributed by atoms with Gasteiger partial charge in [0, 0.05) is 12.1 Å². The molecule has 1 amide bonds. The summed E-state index contributed by atoms with van der Waals surface area (Å²) in [6.45, 7) is 6.63. The van der Waals surface area contributed by atoms with Crippen LogP contribution in [0.25, 0.3) is 5.57 Å². The van der Waals surface area contributed by atoms with Gasteiger partial charge in [-0.3, -0.25) is 4.79 Å². The van der Waals surface area contributed by atoms with Crippen molar-refractivity contribution in [1.29, 1.82) is 0 Å². The fraction of sp³-hybridized carbons (Fsp3) is 0.609. The molecule has 32 heavy (non-hydrogen) atoms. The van der Waals surface area contributed by atoms with Crippen LogP contribution in [0, 0.1) is 0 Å². The van der Waals surface area contributed by atoms with Gasteiger partial charge in [-0.1, -0.05) is 19.1 Å². The van der Waals surface area contributed by atoms with E-state index >= 15 is 0 Å². The molecule has 1 atom stereocenters. The average molecular weight is 457 g/mol. The normalized spacial score (nSPS) is 17.0. The molecule has 1 aromatic carbocycles. The highest BCUT2D eigenvalue weighted by Crippen LogP contribution is 2.36. The average Bonchev–Trinajstić information content (AvgIpc) is 3.01. The number of aliphatic hydroxyl groups is 1. The topological polar surface area (TPSA) is 90.6 Å². The summed E-state index contributed by atoms with van der Waals surface area (Å²) in [5.74, 6) is -0.831. The van der Waals surface area contributed by atoms with Crippen LogP contribution in [0.3, 0.4) is 0 Å². The van der Waals surface area contributed by atoms with Gasteiger partial charge in [-0.15, -0.1) is 0 Å². The largest absolute Gasteiger partial charge is 0.503 e. The van der Waals surface area contributed by atoms with E-state index in [9.17, 15) is 23.1 Å². The number of benzene rings is 1. The summed E-state index contributed by atoms with van der Waals surface area (Å²) in [6, 6.07) is 4.25. The molecule has 6 nitrogen and oxygen atoms in total. The van der Waals surface area contributed by atoms with Crippen molar-refractivity contribution >= 4 is 11.5 Å². The number of halogens is 3. The summed E-state index contributed by atoms with van der Waals surface area (Å²) < 4.78 is 38.5. The first-order valence-corrected chi connectivity index (χ1v) is 11.3. The van der Waals surface area contributed by atoms with Crippen LogP contribution in [-0.2, 0) is 11.0 Å². The molecule has 1 unspecified atom stereocenters. The smallest absolute Gasteiger partial charge is 0.416 e. The second-order valence-corrected chi connectivity index (χ2v) is 7.96. The molecule has 1 aliphatic rings. The second-order valence-electron chi connectivity index (χ2n) is 7.96. The van der Waals surface area contributed by atoms with Crippen molar-refractivity contribution in [3.63, 3.8) is 0 Å². The molecule has 0 aromatic heterocycles. The van der Waals surface area contributed by atoms with Crippen molar-refractivity contribution < 1.29 is 23.1 Å². The number of alkyl halides is 3. The lowest BCUT2D eigenvalue weighted by molar-refractivity contribution is -0.137. The highest BCUT2D eigenvalue weighted by molar-refractivity contribution is 6.05. The van der Waals surface area contributed by atoms with Crippen LogP contribution >= 0.6 is 0 Å². The molecule has 0 radical (unpaired) electrons. The van der Waals surface area contributed by atoms with Gasteiger partial charge in [-0.05, 0) is 82.5 Å². The van der Waals surface area contributed by atoms with Crippen molar-refractivity contribution in [3.05, 3.63) is 41.2 Å². The number of carbonyl (C=O) groups is 1. The lowest BCUT2D eigenvalue weighted by Gasteiger charge is -2.26. The Morgan fingerprint density at radius 3 is 2.09 bits per heavy atom. The maximum Gasteiger partial charge on any atom is 0.416 e. The zero-order chi connectivity index (χ0) is 23.6. The highest BCUT2D eigenvalue weighted by Gasteiger charge is 2.39. The van der Waals surface area contributed by atoms with E-state index in [1.807, 2.05) is 6.92 Å². The molecule has 1 aliphatic heterocycles. The van der Waals surface area contributed by atoms with Gasteiger partial charge in [0.2, 0.25) is 0 Å². The lowest BCUT2D eigenvalue weighted by Crippen LogP contribution is -2.37. The maximum atomic E-state index is 12.8. The standard InChI is InChI=1S/C23H35F3N4O2/c1-2-19-20(17-7-9-18(10-8-17)23(24,25)26)21(31)22(32)30(19)16-6-15-29-13-4-3-12-28-14-5-11-27/h7-10,19,28-29,31H,2-6,11-16,27H2,1H3. The first-order valence-electron chi connectivity index (χ1n) is 11.3. The van der Waals surface area contributed by atoms with Crippen LogP contribution in [0.5, 0.6) is 0 Å². The minimum absolute atomic E-state index is 0.348. The van der Waals surface area contributed by atoms with Gasteiger partial charge in [-0.2, -0.15) is 13.2 Å². The molecule has 0 saturated carbocycles. The van der Waals surface area contributed by atoms with Crippen molar-refractivity contribution in [2.75, 3.05) is 39.3 Å². The molecule has 1 aromatic rings. The van der Waals surface area contributed by atoms with Gasteiger partial charge in [0.15, 0.2) is 5.76 Å². The molecule has 9 heteroatoms. The van der Waals surface area contributed by atoms with Gasteiger partial charge < -0.3 is 26.4 Å². The number of unbranched alkanes of at least 4 members (excludes halogenated alkanes) is 1. The summed E-state index contributed by atoms with van der Waals surface area (Å²) >= 11 is 0. The lowest BCUT2D eigenvalue weighted by atomic mass is 9.96. The van der Waals surface area contributed by atoms with E-state index in [2.05, 4.69) is 10.6 Å². The molecule has 180 valence electrons. The van der Waals surface area contributed by atoms with Gasteiger partial charge in [0.1, 0.15) is 0 Å². The number of hydrogen-bond acceptors (Lipinski definition) is 5. The Morgan fingerprint density at radius 1 is 1.00 bits per heavy atom. The number of nitrogens with one attached hydrogen (secondary N) is 2. The molecule has 2 rings (SSSR count). The first kappa shape index (κ1) is 26.2. The third-order valence-corrected chi connectivity index (χ3v) is 5.61. The van der Waals surface area contributed by atoms with Crippen molar-refractivity contribution in [2.24, 2.45) is 5.73 Å². The van der Waals surface area contributed by atoms with Gasteiger partial charge >= 0.3 is 6.18 Å². The van der Waals surface area contributed by atoms with E-state index in [1.165, 1.54) is 12.1 Å². The van der Waals surface area contributed by atoms with Crippen LogP contribution in [0.15, 0.2) is 30.0 Å². The van der Waals surface area contributed by atoms with Crippen LogP contribution in [0.2, 0.25) is 0 Å². The van der Waals surface area contributed by atoms with Gasteiger partial charge in [-0.25, -0.2) is 0 Å². The van der Waals surface area contributed by atoms with Crippen molar-refractivity contribution in [2.45, 2.75) is 51.2 Å². The van der Waals surface area contributed by atoms with Gasteiger partial charge in [0.05, 0.1) is 11.6 Å². The minimum Gasteiger partial charge on any atom is -0.503 e. The zero-order valence-electron chi connectivity index (χ0n) is 18.7. The van der Waals surface area contributed by atoms with E-state index in [-0.39, 0.29) is 11.8 Å². The number of amides is 1. The van der Waals surface area contributed by atoms with Crippen LogP contribution < -0.4 is 16.4 Å². The quantitative estimate of drug-likeness (QED) is 0.323. The fourth-order valence-corrected chi connectivity index (χ4v) is 3.91. The molecule has 1 heterocycles. The number of aliphatic hydroxyl groups excluding tert-OH is 1. The summed E-state index contributed by atoms with van der Waals surface area (Å²) in [6.07, 6.45) is -0.0200. The highest BCUT2D eigenvalue weighted by atomic mass is 19.4. The van der Waals surface area contributed by atoms with Crippen LogP contribution in [-0.4, -0.2) is 61.2 Å². The Bertz CT molecular complexity index is 751. The van der Waals surface area contributed by atoms with Crippen LogP contribution in [0.1, 0.15) is 50.2 Å². The van der Waals surface area contributed by atoms with Crippen molar-refractivity contribution in [3.8, 4) is 0 Å². The molecule has 0 spiro atoms. The van der Waals surface area contributed by atoms with Crippen LogP contribution in [0.4, 0.5) is 13.2 Å². The molecular formula is C23H35F3N4O2. The zero-order valence-corrected chi connectivity index (χ0v) is 18.7. The molecule has 0 aliphatic carbocycles. The Hall–Kier alpha value is -2.10. The number of nitrogens with two attached hydrogens (primary N) is 1. The molecular weight excluding hydrogens is 421 g/mol. The minimum atomic E-state index is -4.43. The fourth-order valence-electron chi connectivity index (χ4n) is 3.91. The molecule has 5 N–H and O–H groups in total. The third kappa shape index (κ3) is 7.21. The number of carbonyl (C=O) groups excluding carboxylic acids is 1. The Kier molecular flexibility index (Phi) is 10.5. The monoisotopic (exact) mass is 456 g/mol. The predicted molar refractivity (Wildman–Crippen MR) is 120 cm³/mol. The number of nitrogens with zero attached hydrogens (tertiary/aromatic N) is 1. The molecule has 0 saturated heterocycles. The summed E-state index contributed by atoms with van der Waals surface area (Å²) in [7, 11) is 0. The number of hydrogen-bond donors (Lipinski definition) is 4. The van der Waals surface area contributed by atoms with E-state index in [1.54, 1.807) is 4.90 Å². The summed E-state index contributed by atoms with van der Waals surface area (Å²) in [5.41, 5.74) is 5.53. The molecule has 0 fully saturated rings. The SMILES string of the molecule is CCC1C(c2ccc(C(F)(F)F)cc2)=C(O)C(=O)N1CCCNCCCCNCCCN. The first-order chi connectivity index (χ1) is 15.3. The Labute approximate surface area is 188 Å². The van der Waals surface area contributed by atoms with Gasteiger partial charge in [0.25, 0.3) is 5.91 Å². The third-order valence-electron chi connectivity index (χ3n) is 5.61. The van der Waals surface area contributed by atoms with Crippen molar-refractivity contribution in [1.82, 2.24) is 15.5 Å². The Balaban J connectivity index is 1.80. The predicted octanol–water partition coefficient (Wildman–Crippen LogP) is 3.29. The Morgan fingerprint density at radius 2 is 1.56 bits per heavy atom.